The number of hydrogen-bond donors (Lipinski definition) is 2. The third-order valence-electron chi connectivity index (χ3n) is 13.7. The molecule has 4 atom stereocenters. The number of nitrogens with zero attached hydrogens (tertiary/aromatic N) is 9. The Hall–Kier alpha value is -6.94. The van der Waals surface area contributed by atoms with Crippen molar-refractivity contribution in [2.45, 2.75) is 25.4 Å². The maximum absolute atomic E-state index is 14.7. The number of imidazole rings is 2. The topological polar surface area (TPSA) is 87.5 Å². The van der Waals surface area contributed by atoms with E-state index >= 15 is 0 Å². The van der Waals surface area contributed by atoms with Gasteiger partial charge in [-0.05, 0) is 116 Å². The Balaban J connectivity index is 0.000000155. The summed E-state index contributed by atoms with van der Waals surface area (Å²) in [5, 5.41) is 10.1. The number of aliphatic hydroxyl groups excluding tert-OH is 1. The van der Waals surface area contributed by atoms with Crippen molar-refractivity contribution in [3.63, 3.8) is 0 Å². The molecule has 0 aliphatic carbocycles. The Kier molecular flexibility index (Phi) is 12.8. The fourth-order valence-electron chi connectivity index (χ4n) is 10.4. The van der Waals surface area contributed by atoms with Gasteiger partial charge in [0.1, 0.15) is 24.0 Å². The highest BCUT2D eigenvalue weighted by Gasteiger charge is 2.35. The Morgan fingerprint density at radius 2 is 1.04 bits per heavy atom. The van der Waals surface area contributed by atoms with Crippen LogP contribution in [-0.2, 0) is 13.1 Å². The van der Waals surface area contributed by atoms with Gasteiger partial charge in [-0.15, -0.1) is 0 Å². The summed E-state index contributed by atoms with van der Waals surface area (Å²) in [4.78, 5) is 15.6. The van der Waals surface area contributed by atoms with Gasteiger partial charge in [-0.2, -0.15) is 0 Å². The molecule has 4 aliphatic heterocycles. The maximum atomic E-state index is 14.7. The van der Waals surface area contributed by atoms with Gasteiger partial charge >= 0.3 is 0 Å². The number of rotatable bonds is 8. The van der Waals surface area contributed by atoms with Crippen molar-refractivity contribution in [2.75, 3.05) is 77.3 Å². The summed E-state index contributed by atoms with van der Waals surface area (Å²) in [7, 11) is 6.86. The lowest BCUT2D eigenvalue weighted by Gasteiger charge is -2.21. The van der Waals surface area contributed by atoms with Crippen LogP contribution in [0.25, 0.3) is 56.7 Å². The Morgan fingerprint density at radius 3 is 1.49 bits per heavy atom. The van der Waals surface area contributed by atoms with Gasteiger partial charge in [-0.25, -0.2) is 27.5 Å². The molecule has 8 heterocycles. The predicted molar refractivity (Wildman–Crippen MR) is 265 cm³/mol. The number of aromatic nitrogens is 6. The Bertz CT molecular complexity index is 3060. The predicted octanol–water partition coefficient (Wildman–Crippen LogP) is 8.96. The molecule has 0 amide bonds. The zero-order valence-corrected chi connectivity index (χ0v) is 39.2. The molecule has 11 nitrogen and oxygen atoms in total. The zero-order valence-electron chi connectivity index (χ0n) is 39.2. The highest BCUT2D eigenvalue weighted by Crippen LogP contribution is 2.39. The van der Waals surface area contributed by atoms with E-state index in [1.165, 1.54) is 24.3 Å². The molecule has 0 saturated carbocycles. The smallest absolute Gasteiger partial charge is 0.161 e. The van der Waals surface area contributed by atoms with Gasteiger partial charge in [0, 0.05) is 131 Å². The second-order valence-corrected chi connectivity index (χ2v) is 18.5. The minimum atomic E-state index is -0.828. The number of alkyl halides is 2. The van der Waals surface area contributed by atoms with Crippen LogP contribution in [0, 0.1) is 23.5 Å². The molecule has 0 unspecified atom stereocenters. The van der Waals surface area contributed by atoms with Gasteiger partial charge in [0.05, 0.1) is 22.8 Å². The molecular weight excluding hydrogens is 881 g/mol. The molecule has 12 rings (SSSR count). The molecule has 2 N–H and O–H groups in total. The summed E-state index contributed by atoms with van der Waals surface area (Å²) >= 11 is 0. The van der Waals surface area contributed by atoms with E-state index in [1.54, 1.807) is 24.3 Å². The van der Waals surface area contributed by atoms with Crippen LogP contribution in [0.5, 0.6) is 0 Å². The van der Waals surface area contributed by atoms with E-state index in [-0.39, 0.29) is 23.5 Å². The van der Waals surface area contributed by atoms with Crippen LogP contribution in [-0.4, -0.2) is 118 Å². The lowest BCUT2D eigenvalue weighted by atomic mass is 10.1. The van der Waals surface area contributed by atoms with E-state index < -0.39 is 12.3 Å². The molecule has 4 aromatic carbocycles. The van der Waals surface area contributed by atoms with Gasteiger partial charge in [-0.3, -0.25) is 9.13 Å². The molecule has 0 bridgehead atoms. The van der Waals surface area contributed by atoms with Crippen molar-refractivity contribution in [3.8, 4) is 56.7 Å². The van der Waals surface area contributed by atoms with Crippen LogP contribution in [0.1, 0.15) is 11.1 Å². The molecule has 0 spiro atoms. The van der Waals surface area contributed by atoms with Crippen molar-refractivity contribution < 1.29 is 22.7 Å². The maximum Gasteiger partial charge on any atom is 0.161 e. The summed E-state index contributed by atoms with van der Waals surface area (Å²) in [6.45, 7) is 5.06. The number of benzene rings is 4. The molecule has 2 saturated heterocycles. The van der Waals surface area contributed by atoms with Gasteiger partial charge < -0.3 is 34.3 Å². The van der Waals surface area contributed by atoms with Crippen LogP contribution in [0.4, 0.5) is 28.9 Å². The zero-order chi connectivity index (χ0) is 47.9. The van der Waals surface area contributed by atoms with Crippen LogP contribution >= 0.6 is 0 Å². The molecule has 0 radical (unpaired) electrons. The van der Waals surface area contributed by atoms with Crippen molar-refractivity contribution in [2.24, 2.45) is 11.8 Å². The second-order valence-electron chi connectivity index (χ2n) is 18.5. The third-order valence-corrected chi connectivity index (χ3v) is 13.7. The largest absolute Gasteiger partial charge is 0.400 e. The van der Waals surface area contributed by atoms with Crippen LogP contribution in [0.3, 0.4) is 0 Å². The quantitative estimate of drug-likeness (QED) is 0.147. The SMILES string of the molecule is CN(C)C[C@H]1CN(c2ccc3c(c2)Cn2cc(-c4ccc(F)cc4)cc2-c2nccn2-3)C[C@H]1F.CNC[C@H]1CN(c2ccc3c(c2)Cn2cc(-c4ccc(F)cc4)cc2-c2nccn2-3)C[C@H]1F.CO. The first kappa shape index (κ1) is 45.8. The monoisotopic (exact) mass is 936 g/mol. The van der Waals surface area contributed by atoms with Crippen molar-refractivity contribution in [3.05, 3.63) is 157 Å². The minimum absolute atomic E-state index is 0.00313. The van der Waals surface area contributed by atoms with E-state index in [4.69, 9.17) is 5.11 Å². The van der Waals surface area contributed by atoms with Crippen molar-refractivity contribution in [1.82, 2.24) is 38.5 Å². The molecule has 2 fully saturated rings. The first-order valence-corrected chi connectivity index (χ1v) is 23.3. The molecular formula is C54H56F4N10O. The number of fused-ring (bicyclic) bond motifs is 10. The summed E-state index contributed by atoms with van der Waals surface area (Å²) in [5.41, 5.74) is 12.6. The first-order chi connectivity index (χ1) is 33.6. The van der Waals surface area contributed by atoms with E-state index in [1.807, 2.05) is 45.9 Å². The van der Waals surface area contributed by atoms with E-state index in [0.717, 1.165) is 99.4 Å². The fraction of sp³-hybridized carbons (Fsp3) is 0.296. The first-order valence-electron chi connectivity index (χ1n) is 23.3. The molecule has 15 heteroatoms. The van der Waals surface area contributed by atoms with Crippen molar-refractivity contribution >= 4 is 11.4 Å². The normalized spacial score (nSPS) is 18.7. The molecule has 356 valence electrons. The minimum Gasteiger partial charge on any atom is -0.400 e. The van der Waals surface area contributed by atoms with Gasteiger partial charge in [-0.1, -0.05) is 24.3 Å². The highest BCUT2D eigenvalue weighted by atomic mass is 19.1. The third kappa shape index (κ3) is 8.97. The molecule has 69 heavy (non-hydrogen) atoms. The second kappa shape index (κ2) is 19.2. The highest BCUT2D eigenvalue weighted by molar-refractivity contribution is 5.74. The lowest BCUT2D eigenvalue weighted by molar-refractivity contribution is 0.231. The standard InChI is InChI=1S/C27H27F2N5.C26H25F2N5.CH4O/c1-31(2)13-21-16-32(17-24(21)29)23-7-8-25-20(11-23)15-33-14-19(18-3-5-22(28)6-4-18)12-26(33)27-30-9-10-34(25)27;1-29-12-20-15-31(16-23(20)28)22-6-7-24-19(10-22)14-32-13-18(17-2-4-21(27)5-3-17)11-25(32)26-30-8-9-33(24)26;1-2/h3-12,14,21,24H,13,15-17H2,1-2H3;2-11,13,20,23,29H,12,14-16H2,1H3;2H,1H3/t21-,24+;20-,23+;/m00./s1. The lowest BCUT2D eigenvalue weighted by Crippen LogP contribution is -2.28. The molecule has 8 aromatic rings. The summed E-state index contributed by atoms with van der Waals surface area (Å²) in [5.74, 6) is 1.27. The number of aliphatic hydroxyl groups is 1. The van der Waals surface area contributed by atoms with E-state index in [9.17, 15) is 17.6 Å². The van der Waals surface area contributed by atoms with Crippen LogP contribution in [0.2, 0.25) is 0 Å². The average Bonchev–Trinajstić information content (AvgIpc) is 4.23. The number of halogens is 4. The number of nitrogens with one attached hydrogen (secondary N) is 1. The van der Waals surface area contributed by atoms with Gasteiger partial charge in [0.2, 0.25) is 0 Å². The summed E-state index contributed by atoms with van der Waals surface area (Å²) < 4.78 is 64.7. The summed E-state index contributed by atoms with van der Waals surface area (Å²) in [6.07, 6.45) is 10.1. The number of anilines is 2. The molecule has 4 aromatic heterocycles. The van der Waals surface area contributed by atoms with Crippen LogP contribution in [0.15, 0.2) is 134 Å². The Morgan fingerprint density at radius 1 is 0.594 bits per heavy atom. The summed E-state index contributed by atoms with van der Waals surface area (Å²) in [6, 6.07) is 30.1. The Labute approximate surface area is 399 Å². The van der Waals surface area contributed by atoms with Crippen LogP contribution < -0.4 is 15.1 Å². The van der Waals surface area contributed by atoms with Crippen molar-refractivity contribution in [1.29, 1.82) is 0 Å². The van der Waals surface area contributed by atoms with Gasteiger partial charge in [0.25, 0.3) is 0 Å². The van der Waals surface area contributed by atoms with E-state index in [2.05, 4.69) is 109 Å². The average molecular weight is 937 g/mol. The fourth-order valence-corrected chi connectivity index (χ4v) is 10.4. The molecule has 4 aliphatic rings. The van der Waals surface area contributed by atoms with E-state index in [0.29, 0.717) is 39.3 Å². The van der Waals surface area contributed by atoms with Gasteiger partial charge in [0.15, 0.2) is 11.6 Å². The number of hydrogen-bond acceptors (Lipinski definition) is 7.